The van der Waals surface area contributed by atoms with Crippen molar-refractivity contribution in [3.05, 3.63) is 30.0 Å². The molecule has 3 rings (SSSR count). The number of aromatic nitrogens is 1. The molecule has 5 heteroatoms. The first-order chi connectivity index (χ1) is 10.4. The lowest BCUT2D eigenvalue weighted by Gasteiger charge is -2.17. The second kappa shape index (κ2) is 5.65. The maximum atomic E-state index is 11.9. The van der Waals surface area contributed by atoms with Crippen molar-refractivity contribution >= 4 is 16.9 Å². The summed E-state index contributed by atoms with van der Waals surface area (Å²) in [5, 5.41) is 1.02. The van der Waals surface area contributed by atoms with Crippen molar-refractivity contribution in [3.63, 3.8) is 0 Å². The van der Waals surface area contributed by atoms with Gasteiger partial charge in [0.05, 0.1) is 12.0 Å². The number of rotatable bonds is 5. The Kier molecular flexibility index (Phi) is 3.83. The van der Waals surface area contributed by atoms with Gasteiger partial charge in [0.25, 0.3) is 0 Å². The predicted octanol–water partition coefficient (Wildman–Crippen LogP) is 3.03. The molecule has 1 aromatic carbocycles. The summed E-state index contributed by atoms with van der Waals surface area (Å²) in [6.07, 6.45) is 2.08. The number of H-pyrrole nitrogens is 1. The van der Waals surface area contributed by atoms with Gasteiger partial charge >= 0.3 is 5.97 Å². The molecule has 118 valence electrons. The fourth-order valence-corrected chi connectivity index (χ4v) is 2.10. The lowest BCUT2D eigenvalue weighted by atomic mass is 9.97. The van der Waals surface area contributed by atoms with Crippen LogP contribution >= 0.6 is 0 Å². The highest BCUT2D eigenvalue weighted by atomic mass is 16.6. The molecule has 0 bridgehead atoms. The average Bonchev–Trinajstić information content (AvgIpc) is 3.16. The number of ether oxygens (including phenoxy) is 3. The molecule has 2 heterocycles. The van der Waals surface area contributed by atoms with Crippen LogP contribution in [0.1, 0.15) is 26.3 Å². The molecular formula is C17H21NO4. The van der Waals surface area contributed by atoms with E-state index in [-0.39, 0.29) is 18.7 Å². The number of aromatic amines is 1. The van der Waals surface area contributed by atoms with Crippen LogP contribution in [0.4, 0.5) is 0 Å². The standard InChI is InChI=1S/C17H21NO4/c1-17(2,3)16(19)22-8-11-6-14-13(4-5-18-14)15(7-11)21-10-12-9-20-12/h4-7,12,18H,8-10H2,1-3H3. The molecule has 1 saturated heterocycles. The summed E-state index contributed by atoms with van der Waals surface area (Å²) < 4.78 is 16.4. The van der Waals surface area contributed by atoms with Crippen molar-refractivity contribution in [1.82, 2.24) is 4.98 Å². The van der Waals surface area contributed by atoms with Crippen LogP contribution in [0.5, 0.6) is 5.75 Å². The first-order valence-electron chi connectivity index (χ1n) is 7.45. The third-order valence-electron chi connectivity index (χ3n) is 3.50. The van der Waals surface area contributed by atoms with Crippen molar-refractivity contribution < 1.29 is 19.0 Å². The van der Waals surface area contributed by atoms with Crippen molar-refractivity contribution in [3.8, 4) is 5.75 Å². The average molecular weight is 303 g/mol. The largest absolute Gasteiger partial charge is 0.490 e. The van der Waals surface area contributed by atoms with Gasteiger partial charge in [0.15, 0.2) is 0 Å². The third-order valence-corrected chi connectivity index (χ3v) is 3.50. The zero-order chi connectivity index (χ0) is 15.7. The van der Waals surface area contributed by atoms with Crippen molar-refractivity contribution in [2.24, 2.45) is 5.41 Å². The molecular weight excluding hydrogens is 282 g/mol. The van der Waals surface area contributed by atoms with E-state index in [1.165, 1.54) is 0 Å². The highest BCUT2D eigenvalue weighted by Crippen LogP contribution is 2.28. The summed E-state index contributed by atoms with van der Waals surface area (Å²) in [4.78, 5) is 15.1. The maximum Gasteiger partial charge on any atom is 0.311 e. The summed E-state index contributed by atoms with van der Waals surface area (Å²) in [5.41, 5.74) is 1.37. The maximum absolute atomic E-state index is 11.9. The minimum Gasteiger partial charge on any atom is -0.490 e. The molecule has 5 nitrogen and oxygen atoms in total. The minimum absolute atomic E-state index is 0.205. The van der Waals surface area contributed by atoms with E-state index >= 15 is 0 Å². The van der Waals surface area contributed by atoms with Gasteiger partial charge in [-0.25, -0.2) is 0 Å². The topological polar surface area (TPSA) is 63.9 Å². The fraction of sp³-hybridized carbons (Fsp3) is 0.471. The number of hydrogen-bond donors (Lipinski definition) is 1. The number of carbonyl (C=O) groups is 1. The lowest BCUT2D eigenvalue weighted by Crippen LogP contribution is -2.22. The smallest absolute Gasteiger partial charge is 0.311 e. The van der Waals surface area contributed by atoms with Crippen LogP contribution in [0.15, 0.2) is 24.4 Å². The van der Waals surface area contributed by atoms with Crippen molar-refractivity contribution in [2.45, 2.75) is 33.5 Å². The fourth-order valence-electron chi connectivity index (χ4n) is 2.10. The SMILES string of the molecule is CC(C)(C)C(=O)OCc1cc(OCC2CO2)c2cc[nH]c2c1. The number of hydrogen-bond acceptors (Lipinski definition) is 4. The van der Waals surface area contributed by atoms with Gasteiger partial charge in [-0.2, -0.15) is 0 Å². The monoisotopic (exact) mass is 303 g/mol. The van der Waals surface area contributed by atoms with Crippen LogP contribution in [-0.2, 0) is 20.9 Å². The van der Waals surface area contributed by atoms with E-state index in [2.05, 4.69) is 4.98 Å². The Morgan fingerprint density at radius 2 is 2.18 bits per heavy atom. The Balaban J connectivity index is 1.75. The molecule has 0 saturated carbocycles. The molecule has 2 aromatic rings. The molecule has 1 unspecified atom stereocenters. The number of epoxide rings is 1. The number of fused-ring (bicyclic) bond motifs is 1. The van der Waals surface area contributed by atoms with Crippen molar-refractivity contribution in [2.75, 3.05) is 13.2 Å². The van der Waals surface area contributed by atoms with Gasteiger partial charge in [-0.15, -0.1) is 0 Å². The summed E-state index contributed by atoms with van der Waals surface area (Å²) in [6, 6.07) is 5.88. The predicted molar refractivity (Wildman–Crippen MR) is 82.8 cm³/mol. The van der Waals surface area contributed by atoms with Crippen LogP contribution in [0, 0.1) is 5.41 Å². The molecule has 1 fully saturated rings. The molecule has 1 N–H and O–H groups in total. The van der Waals surface area contributed by atoms with Gasteiger partial charge in [0, 0.05) is 17.1 Å². The van der Waals surface area contributed by atoms with E-state index < -0.39 is 5.41 Å². The van der Waals surface area contributed by atoms with Crippen LogP contribution in [0.2, 0.25) is 0 Å². The normalized spacial score (nSPS) is 17.5. The van der Waals surface area contributed by atoms with Gasteiger partial charge in [0.1, 0.15) is 25.1 Å². The summed E-state index contributed by atoms with van der Waals surface area (Å²) >= 11 is 0. The highest BCUT2D eigenvalue weighted by Gasteiger charge is 2.24. The van der Waals surface area contributed by atoms with Crippen LogP contribution in [0.25, 0.3) is 10.9 Å². The van der Waals surface area contributed by atoms with E-state index in [1.807, 2.05) is 45.2 Å². The molecule has 22 heavy (non-hydrogen) atoms. The Morgan fingerprint density at radius 1 is 1.41 bits per heavy atom. The summed E-state index contributed by atoms with van der Waals surface area (Å²) in [7, 11) is 0. The quantitative estimate of drug-likeness (QED) is 0.681. The molecule has 1 aliphatic heterocycles. The molecule has 0 amide bonds. The summed E-state index contributed by atoms with van der Waals surface area (Å²) in [6.45, 7) is 7.07. The van der Waals surface area contributed by atoms with Gasteiger partial charge in [-0.05, 0) is 44.5 Å². The Hall–Kier alpha value is -2.01. The zero-order valence-corrected chi connectivity index (χ0v) is 13.1. The minimum atomic E-state index is -0.501. The molecule has 1 atom stereocenters. The zero-order valence-electron chi connectivity index (χ0n) is 13.1. The second-order valence-corrected chi connectivity index (χ2v) is 6.63. The van der Waals surface area contributed by atoms with E-state index in [0.29, 0.717) is 6.61 Å². The number of esters is 1. The summed E-state index contributed by atoms with van der Waals surface area (Å²) in [5.74, 6) is 0.573. The van der Waals surface area contributed by atoms with E-state index in [1.54, 1.807) is 0 Å². The Labute approximate surface area is 129 Å². The van der Waals surface area contributed by atoms with E-state index in [0.717, 1.165) is 28.8 Å². The van der Waals surface area contributed by atoms with E-state index in [4.69, 9.17) is 14.2 Å². The molecule has 0 radical (unpaired) electrons. The van der Waals surface area contributed by atoms with Gasteiger partial charge in [-0.3, -0.25) is 4.79 Å². The molecule has 1 aromatic heterocycles. The second-order valence-electron chi connectivity index (χ2n) is 6.63. The number of nitrogens with one attached hydrogen (secondary N) is 1. The molecule has 0 spiro atoms. The van der Waals surface area contributed by atoms with Crippen LogP contribution in [-0.4, -0.2) is 30.3 Å². The van der Waals surface area contributed by atoms with Crippen LogP contribution < -0.4 is 4.74 Å². The van der Waals surface area contributed by atoms with Crippen molar-refractivity contribution in [1.29, 1.82) is 0 Å². The molecule has 0 aliphatic carbocycles. The van der Waals surface area contributed by atoms with Gasteiger partial charge < -0.3 is 19.2 Å². The number of benzene rings is 1. The number of carbonyl (C=O) groups excluding carboxylic acids is 1. The third kappa shape index (κ3) is 3.42. The van der Waals surface area contributed by atoms with Crippen LogP contribution in [0.3, 0.4) is 0 Å². The lowest BCUT2D eigenvalue weighted by molar-refractivity contribution is -0.154. The van der Waals surface area contributed by atoms with E-state index in [9.17, 15) is 4.79 Å². The van der Waals surface area contributed by atoms with Gasteiger partial charge in [-0.1, -0.05) is 0 Å². The molecule has 1 aliphatic rings. The first kappa shape index (κ1) is 14.9. The highest BCUT2D eigenvalue weighted by molar-refractivity contribution is 5.86. The van der Waals surface area contributed by atoms with Gasteiger partial charge in [0.2, 0.25) is 0 Å². The Bertz CT molecular complexity index is 680. The Morgan fingerprint density at radius 3 is 2.86 bits per heavy atom. The first-order valence-corrected chi connectivity index (χ1v) is 7.45.